The average Bonchev–Trinajstić information content (AvgIpc) is 2.82. The van der Waals surface area contributed by atoms with Gasteiger partial charge in [0.25, 0.3) is 0 Å². The zero-order chi connectivity index (χ0) is 14.5. The normalized spacial score (nSPS) is 11.9. The molecular weight excluding hydrogens is 338 g/mol. The lowest BCUT2D eigenvalue weighted by Gasteiger charge is -2.16. The van der Waals surface area contributed by atoms with E-state index in [2.05, 4.69) is 31.5 Å². The molecule has 0 spiro atoms. The van der Waals surface area contributed by atoms with Crippen LogP contribution in [-0.2, 0) is 6.54 Å². The van der Waals surface area contributed by atoms with Crippen LogP contribution in [-0.4, -0.2) is 11.0 Å². The molecule has 2 rings (SSSR count). The summed E-state index contributed by atoms with van der Waals surface area (Å²) in [6.07, 6.45) is 0. The summed E-state index contributed by atoms with van der Waals surface area (Å²) in [4.78, 5) is 16.2. The number of hydrogen-bond donors (Lipinski definition) is 2. The third-order valence-electron chi connectivity index (χ3n) is 2.82. The van der Waals surface area contributed by atoms with Crippen molar-refractivity contribution < 1.29 is 4.79 Å². The van der Waals surface area contributed by atoms with E-state index in [0.29, 0.717) is 6.54 Å². The predicted molar refractivity (Wildman–Crippen MR) is 84.8 cm³/mol. The molecule has 2 N–H and O–H groups in total. The van der Waals surface area contributed by atoms with Gasteiger partial charge < -0.3 is 10.6 Å². The Morgan fingerprint density at radius 1 is 1.45 bits per heavy atom. The lowest BCUT2D eigenvalue weighted by Crippen LogP contribution is -2.36. The number of aryl methyl sites for hydroxylation is 1. The Balaban J connectivity index is 1.87. The molecule has 4 nitrogen and oxygen atoms in total. The number of amides is 2. The first kappa shape index (κ1) is 15.0. The summed E-state index contributed by atoms with van der Waals surface area (Å²) >= 11 is 5.06. The summed E-state index contributed by atoms with van der Waals surface area (Å²) in [5, 5.41) is 8.68. The van der Waals surface area contributed by atoms with Gasteiger partial charge in [-0.15, -0.1) is 11.3 Å². The number of carbonyl (C=O) groups is 1. The van der Waals surface area contributed by atoms with Gasteiger partial charge in [0.1, 0.15) is 0 Å². The van der Waals surface area contributed by atoms with Gasteiger partial charge in [-0.05, 0) is 25.5 Å². The van der Waals surface area contributed by atoms with Crippen LogP contribution < -0.4 is 10.6 Å². The predicted octanol–water partition coefficient (Wildman–Crippen LogP) is 3.77. The molecule has 0 aliphatic carbocycles. The smallest absolute Gasteiger partial charge is 0.315 e. The number of rotatable bonds is 4. The van der Waals surface area contributed by atoms with E-state index >= 15 is 0 Å². The van der Waals surface area contributed by atoms with Crippen LogP contribution in [0.4, 0.5) is 4.79 Å². The molecule has 0 bridgehead atoms. The molecule has 2 amide bonds. The summed E-state index contributed by atoms with van der Waals surface area (Å²) in [6, 6.07) is 7.59. The van der Waals surface area contributed by atoms with Crippen molar-refractivity contribution in [2.45, 2.75) is 26.4 Å². The molecule has 1 aromatic heterocycles. The van der Waals surface area contributed by atoms with Crippen LogP contribution in [0.15, 0.2) is 34.1 Å². The SMILES string of the molecule is Cc1nc(CNC(=O)NC(C)c2ccccc2Br)cs1. The molecule has 0 saturated heterocycles. The number of thiazole rings is 1. The van der Waals surface area contributed by atoms with Crippen molar-refractivity contribution in [2.75, 3.05) is 0 Å². The maximum atomic E-state index is 11.9. The highest BCUT2D eigenvalue weighted by Crippen LogP contribution is 2.22. The number of nitrogens with one attached hydrogen (secondary N) is 2. The van der Waals surface area contributed by atoms with E-state index < -0.39 is 0 Å². The number of carbonyl (C=O) groups excluding carboxylic acids is 1. The number of benzene rings is 1. The van der Waals surface area contributed by atoms with Gasteiger partial charge in [-0.1, -0.05) is 34.1 Å². The maximum absolute atomic E-state index is 11.9. The second kappa shape index (κ2) is 6.85. The third kappa shape index (κ3) is 4.05. The van der Waals surface area contributed by atoms with Gasteiger partial charge in [-0.2, -0.15) is 0 Å². The fourth-order valence-electron chi connectivity index (χ4n) is 1.81. The second-order valence-electron chi connectivity index (χ2n) is 4.43. The van der Waals surface area contributed by atoms with Gasteiger partial charge in [-0.3, -0.25) is 0 Å². The minimum absolute atomic E-state index is 0.0669. The van der Waals surface area contributed by atoms with E-state index in [-0.39, 0.29) is 12.1 Å². The molecule has 0 aliphatic heterocycles. The van der Waals surface area contributed by atoms with Crippen LogP contribution >= 0.6 is 27.3 Å². The first-order chi connectivity index (χ1) is 9.56. The number of hydrogen-bond acceptors (Lipinski definition) is 3. The Kier molecular flexibility index (Phi) is 5.14. The van der Waals surface area contributed by atoms with Crippen LogP contribution in [0.3, 0.4) is 0 Å². The molecule has 0 aliphatic rings. The lowest BCUT2D eigenvalue weighted by molar-refractivity contribution is 0.237. The lowest BCUT2D eigenvalue weighted by atomic mass is 10.1. The largest absolute Gasteiger partial charge is 0.332 e. The topological polar surface area (TPSA) is 54.0 Å². The van der Waals surface area contributed by atoms with Gasteiger partial charge >= 0.3 is 6.03 Å². The van der Waals surface area contributed by atoms with Crippen LogP contribution in [0.5, 0.6) is 0 Å². The maximum Gasteiger partial charge on any atom is 0.315 e. The Hall–Kier alpha value is -1.40. The van der Waals surface area contributed by atoms with Crippen LogP contribution in [0.2, 0.25) is 0 Å². The first-order valence-electron chi connectivity index (χ1n) is 6.26. The molecule has 2 aromatic rings. The van der Waals surface area contributed by atoms with E-state index in [0.717, 1.165) is 20.7 Å². The minimum Gasteiger partial charge on any atom is -0.332 e. The van der Waals surface area contributed by atoms with Crippen molar-refractivity contribution in [3.63, 3.8) is 0 Å². The zero-order valence-corrected chi connectivity index (χ0v) is 13.7. The fraction of sp³-hybridized carbons (Fsp3) is 0.286. The summed E-state index contributed by atoms with van der Waals surface area (Å²) < 4.78 is 0.989. The molecule has 1 heterocycles. The molecule has 1 unspecified atom stereocenters. The highest BCUT2D eigenvalue weighted by Gasteiger charge is 2.11. The summed E-state index contributed by atoms with van der Waals surface area (Å²) in [5.74, 6) is 0. The molecule has 6 heteroatoms. The Bertz CT molecular complexity index is 600. The second-order valence-corrected chi connectivity index (χ2v) is 6.34. The molecule has 106 valence electrons. The standard InChI is InChI=1S/C14H16BrN3OS/c1-9(12-5-3-4-6-13(12)15)17-14(19)16-7-11-8-20-10(2)18-11/h3-6,8-9H,7H2,1-2H3,(H2,16,17,19). The molecule has 1 atom stereocenters. The van der Waals surface area contributed by atoms with Crippen molar-refractivity contribution in [1.82, 2.24) is 15.6 Å². The van der Waals surface area contributed by atoms with Gasteiger partial charge in [0.05, 0.1) is 23.3 Å². The third-order valence-corrected chi connectivity index (χ3v) is 4.36. The molecule has 0 radical (unpaired) electrons. The van der Waals surface area contributed by atoms with E-state index in [9.17, 15) is 4.79 Å². The van der Waals surface area contributed by atoms with E-state index in [1.807, 2.05) is 43.5 Å². The Labute approximate surface area is 130 Å². The van der Waals surface area contributed by atoms with E-state index in [4.69, 9.17) is 0 Å². The molecule has 0 saturated carbocycles. The van der Waals surface area contributed by atoms with Crippen molar-refractivity contribution in [3.05, 3.63) is 50.4 Å². The molecule has 20 heavy (non-hydrogen) atoms. The molecular formula is C14H16BrN3OS. The van der Waals surface area contributed by atoms with E-state index in [1.165, 1.54) is 0 Å². The van der Waals surface area contributed by atoms with Gasteiger partial charge in [0, 0.05) is 9.85 Å². The van der Waals surface area contributed by atoms with Crippen LogP contribution in [0, 0.1) is 6.92 Å². The number of aromatic nitrogens is 1. The highest BCUT2D eigenvalue weighted by molar-refractivity contribution is 9.10. The number of urea groups is 1. The molecule has 0 fully saturated rings. The number of halogens is 1. The van der Waals surface area contributed by atoms with Gasteiger partial charge in [-0.25, -0.2) is 9.78 Å². The minimum atomic E-state index is -0.195. The highest BCUT2D eigenvalue weighted by atomic mass is 79.9. The van der Waals surface area contributed by atoms with Crippen molar-refractivity contribution in [1.29, 1.82) is 0 Å². The zero-order valence-electron chi connectivity index (χ0n) is 11.3. The van der Waals surface area contributed by atoms with Gasteiger partial charge in [0.2, 0.25) is 0 Å². The monoisotopic (exact) mass is 353 g/mol. The van der Waals surface area contributed by atoms with Crippen molar-refractivity contribution >= 4 is 33.3 Å². The summed E-state index contributed by atoms with van der Waals surface area (Å²) in [6.45, 7) is 4.34. The average molecular weight is 354 g/mol. The summed E-state index contributed by atoms with van der Waals surface area (Å²) in [5.41, 5.74) is 1.93. The number of nitrogens with zero attached hydrogens (tertiary/aromatic N) is 1. The quantitative estimate of drug-likeness (QED) is 0.878. The Morgan fingerprint density at radius 3 is 2.85 bits per heavy atom. The Morgan fingerprint density at radius 2 is 2.20 bits per heavy atom. The van der Waals surface area contributed by atoms with Crippen LogP contribution in [0.25, 0.3) is 0 Å². The van der Waals surface area contributed by atoms with Gasteiger partial charge in [0.15, 0.2) is 0 Å². The fourth-order valence-corrected chi connectivity index (χ4v) is 3.05. The van der Waals surface area contributed by atoms with Crippen molar-refractivity contribution in [3.8, 4) is 0 Å². The van der Waals surface area contributed by atoms with E-state index in [1.54, 1.807) is 11.3 Å². The molecule has 1 aromatic carbocycles. The van der Waals surface area contributed by atoms with Crippen LogP contribution in [0.1, 0.15) is 29.2 Å². The van der Waals surface area contributed by atoms with Crippen molar-refractivity contribution in [2.24, 2.45) is 0 Å². The summed E-state index contributed by atoms with van der Waals surface area (Å²) in [7, 11) is 0. The first-order valence-corrected chi connectivity index (χ1v) is 7.93.